The van der Waals surface area contributed by atoms with Crippen molar-refractivity contribution in [2.75, 3.05) is 5.32 Å². The predicted octanol–water partition coefficient (Wildman–Crippen LogP) is 1.55. The van der Waals surface area contributed by atoms with E-state index < -0.39 is 0 Å². The minimum atomic E-state index is -0.206. The van der Waals surface area contributed by atoms with Crippen molar-refractivity contribution in [2.24, 2.45) is 7.05 Å². The van der Waals surface area contributed by atoms with Gasteiger partial charge in [0.05, 0.1) is 0 Å². The lowest BCUT2D eigenvalue weighted by atomic mass is 10.1. The average Bonchev–Trinajstić information content (AvgIpc) is 2.98. The van der Waals surface area contributed by atoms with Crippen LogP contribution >= 0.6 is 0 Å². The molecule has 90 valence electrons. The third-order valence-electron chi connectivity index (χ3n) is 2.75. The van der Waals surface area contributed by atoms with Crippen LogP contribution < -0.4 is 5.32 Å². The molecule has 1 aromatic carbocycles. The van der Waals surface area contributed by atoms with Gasteiger partial charge >= 0.3 is 0 Å². The number of benzene rings is 1. The lowest BCUT2D eigenvalue weighted by molar-refractivity contribution is 0.102. The Bertz CT molecular complexity index is 712. The van der Waals surface area contributed by atoms with Gasteiger partial charge in [0.15, 0.2) is 0 Å². The van der Waals surface area contributed by atoms with Crippen molar-refractivity contribution < 1.29 is 4.79 Å². The third kappa shape index (κ3) is 1.73. The van der Waals surface area contributed by atoms with Crippen molar-refractivity contribution in [3.05, 3.63) is 42.4 Å². The van der Waals surface area contributed by atoms with Gasteiger partial charge in [0.2, 0.25) is 5.95 Å². The summed E-state index contributed by atoms with van der Waals surface area (Å²) in [5, 5.41) is 7.66. The first-order valence-corrected chi connectivity index (χ1v) is 5.46. The van der Waals surface area contributed by atoms with Crippen molar-refractivity contribution in [2.45, 2.75) is 0 Å². The molecule has 3 rings (SSSR count). The first-order valence-electron chi connectivity index (χ1n) is 5.46. The number of carbonyl (C=O) groups is 1. The monoisotopic (exact) mass is 241 g/mol. The van der Waals surface area contributed by atoms with E-state index in [-0.39, 0.29) is 5.91 Å². The molecule has 2 aromatic heterocycles. The molecule has 0 bridgehead atoms. The third-order valence-corrected chi connectivity index (χ3v) is 2.75. The Morgan fingerprint density at radius 2 is 2.28 bits per heavy atom. The molecule has 3 aromatic rings. The number of H-pyrrole nitrogens is 1. The van der Waals surface area contributed by atoms with E-state index in [0.717, 1.165) is 10.9 Å². The lowest BCUT2D eigenvalue weighted by Crippen LogP contribution is -2.15. The summed E-state index contributed by atoms with van der Waals surface area (Å²) < 4.78 is 1.51. The van der Waals surface area contributed by atoms with Gasteiger partial charge < -0.3 is 4.98 Å². The topological polar surface area (TPSA) is 75.6 Å². The molecule has 0 fully saturated rings. The second-order valence-electron chi connectivity index (χ2n) is 3.94. The molecule has 0 aliphatic rings. The van der Waals surface area contributed by atoms with Gasteiger partial charge in [0.1, 0.15) is 6.33 Å². The lowest BCUT2D eigenvalue weighted by Gasteiger charge is -2.03. The van der Waals surface area contributed by atoms with Gasteiger partial charge in [-0.25, -0.2) is 4.68 Å². The number of hydrogen-bond donors (Lipinski definition) is 2. The molecule has 0 aliphatic heterocycles. The number of aromatic nitrogens is 4. The van der Waals surface area contributed by atoms with Gasteiger partial charge in [-0.2, -0.15) is 10.1 Å². The van der Waals surface area contributed by atoms with Crippen LogP contribution in [0.3, 0.4) is 0 Å². The maximum absolute atomic E-state index is 12.0. The number of fused-ring (bicyclic) bond motifs is 1. The Morgan fingerprint density at radius 1 is 1.39 bits per heavy atom. The smallest absolute Gasteiger partial charge is 0.258 e. The quantitative estimate of drug-likeness (QED) is 0.714. The molecule has 2 heterocycles. The zero-order chi connectivity index (χ0) is 12.5. The number of hydrogen-bond acceptors (Lipinski definition) is 3. The average molecular weight is 241 g/mol. The van der Waals surface area contributed by atoms with Crippen LogP contribution in [0.15, 0.2) is 36.8 Å². The molecule has 2 N–H and O–H groups in total. The molecule has 0 unspecified atom stereocenters. The fraction of sp³-hybridized carbons (Fsp3) is 0.0833. The normalized spacial score (nSPS) is 10.7. The molecule has 0 atom stereocenters. The summed E-state index contributed by atoms with van der Waals surface area (Å²) in [6, 6.07) is 7.44. The molecule has 0 saturated heterocycles. The number of rotatable bonds is 2. The van der Waals surface area contributed by atoms with Crippen LogP contribution in [-0.2, 0) is 7.05 Å². The Morgan fingerprint density at radius 3 is 3.06 bits per heavy atom. The summed E-state index contributed by atoms with van der Waals surface area (Å²) >= 11 is 0. The van der Waals surface area contributed by atoms with E-state index in [1.54, 1.807) is 19.2 Å². The van der Waals surface area contributed by atoms with Crippen molar-refractivity contribution in [1.29, 1.82) is 0 Å². The van der Waals surface area contributed by atoms with Gasteiger partial charge in [-0.1, -0.05) is 6.07 Å². The number of anilines is 1. The highest BCUT2D eigenvalue weighted by Crippen LogP contribution is 2.15. The molecule has 1 amide bonds. The summed E-state index contributed by atoms with van der Waals surface area (Å²) in [6.45, 7) is 0. The molecule has 6 nitrogen and oxygen atoms in total. The Hall–Kier alpha value is -2.63. The molecule has 0 saturated carbocycles. The number of nitrogens with one attached hydrogen (secondary N) is 2. The van der Waals surface area contributed by atoms with E-state index in [4.69, 9.17) is 0 Å². The first-order chi connectivity index (χ1) is 8.74. The van der Waals surface area contributed by atoms with E-state index in [1.165, 1.54) is 11.0 Å². The number of aromatic amines is 1. The highest BCUT2D eigenvalue weighted by atomic mass is 16.1. The Labute approximate surface area is 103 Å². The minimum Gasteiger partial charge on any atom is -0.361 e. The second-order valence-corrected chi connectivity index (χ2v) is 3.94. The van der Waals surface area contributed by atoms with Crippen molar-refractivity contribution >= 4 is 22.8 Å². The molecule has 0 spiro atoms. The standard InChI is InChI=1S/C12H11N5O/c1-17-12(14-7-15-17)16-11(18)9-3-2-8-4-5-13-10(8)6-9/h2-7,13H,1H3,(H,14,15,16,18). The summed E-state index contributed by atoms with van der Waals surface area (Å²) in [5.41, 5.74) is 1.51. The van der Waals surface area contributed by atoms with Crippen molar-refractivity contribution in [3.8, 4) is 0 Å². The van der Waals surface area contributed by atoms with E-state index in [1.807, 2.05) is 18.3 Å². The highest BCUT2D eigenvalue weighted by Gasteiger charge is 2.09. The molecule has 6 heteroatoms. The van der Waals surface area contributed by atoms with Crippen LogP contribution in [-0.4, -0.2) is 25.7 Å². The Kier molecular flexibility index (Phi) is 2.33. The molecule has 0 radical (unpaired) electrons. The second kappa shape index (κ2) is 3.99. The minimum absolute atomic E-state index is 0.206. The van der Waals surface area contributed by atoms with Gasteiger partial charge in [-0.05, 0) is 23.6 Å². The van der Waals surface area contributed by atoms with Crippen LogP contribution in [0, 0.1) is 0 Å². The molecule has 18 heavy (non-hydrogen) atoms. The van der Waals surface area contributed by atoms with Gasteiger partial charge in [-0.3, -0.25) is 10.1 Å². The van der Waals surface area contributed by atoms with E-state index in [9.17, 15) is 4.79 Å². The van der Waals surface area contributed by atoms with Gasteiger partial charge in [0, 0.05) is 24.3 Å². The fourth-order valence-corrected chi connectivity index (χ4v) is 1.77. The maximum atomic E-state index is 12.0. The zero-order valence-electron chi connectivity index (χ0n) is 9.71. The van der Waals surface area contributed by atoms with Crippen LogP contribution in [0.5, 0.6) is 0 Å². The van der Waals surface area contributed by atoms with Crippen LogP contribution in [0.4, 0.5) is 5.95 Å². The maximum Gasteiger partial charge on any atom is 0.258 e. The van der Waals surface area contributed by atoms with Crippen molar-refractivity contribution in [1.82, 2.24) is 19.7 Å². The number of aryl methyl sites for hydroxylation is 1. The number of carbonyl (C=O) groups excluding carboxylic acids is 1. The van der Waals surface area contributed by atoms with E-state index in [0.29, 0.717) is 11.5 Å². The number of nitrogens with zero attached hydrogens (tertiary/aromatic N) is 3. The Balaban J connectivity index is 1.89. The van der Waals surface area contributed by atoms with Gasteiger partial charge in [0.25, 0.3) is 5.91 Å². The number of amides is 1. The van der Waals surface area contributed by atoms with E-state index >= 15 is 0 Å². The summed E-state index contributed by atoms with van der Waals surface area (Å²) in [7, 11) is 1.72. The highest BCUT2D eigenvalue weighted by molar-refractivity contribution is 6.05. The SMILES string of the molecule is Cn1ncnc1NC(=O)c1ccc2cc[nH]c2c1. The first kappa shape index (κ1) is 10.5. The fourth-order valence-electron chi connectivity index (χ4n) is 1.77. The van der Waals surface area contributed by atoms with Crippen LogP contribution in [0.2, 0.25) is 0 Å². The predicted molar refractivity (Wildman–Crippen MR) is 67.3 cm³/mol. The molecular formula is C12H11N5O. The van der Waals surface area contributed by atoms with Crippen LogP contribution in [0.25, 0.3) is 10.9 Å². The largest absolute Gasteiger partial charge is 0.361 e. The zero-order valence-corrected chi connectivity index (χ0v) is 9.71. The van der Waals surface area contributed by atoms with Crippen molar-refractivity contribution in [3.63, 3.8) is 0 Å². The summed E-state index contributed by atoms with van der Waals surface area (Å²) in [6.07, 6.45) is 3.23. The van der Waals surface area contributed by atoms with Crippen LogP contribution in [0.1, 0.15) is 10.4 Å². The van der Waals surface area contributed by atoms with Gasteiger partial charge in [-0.15, -0.1) is 0 Å². The summed E-state index contributed by atoms with van der Waals surface area (Å²) in [5.74, 6) is 0.217. The van der Waals surface area contributed by atoms with E-state index in [2.05, 4.69) is 20.4 Å². The summed E-state index contributed by atoms with van der Waals surface area (Å²) in [4.78, 5) is 19.0. The molecule has 0 aliphatic carbocycles. The molecular weight excluding hydrogens is 230 g/mol.